The maximum atomic E-state index is 6.67. The summed E-state index contributed by atoms with van der Waals surface area (Å²) in [6.07, 6.45) is 0. The molecule has 6 heterocycles. The summed E-state index contributed by atoms with van der Waals surface area (Å²) in [6.45, 7) is 23.5. The highest BCUT2D eigenvalue weighted by molar-refractivity contribution is 7.33. The predicted octanol–water partition coefficient (Wildman–Crippen LogP) is 16.2. The van der Waals surface area contributed by atoms with Crippen LogP contribution in [0.1, 0.15) is 84.6 Å². The van der Waals surface area contributed by atoms with Gasteiger partial charge >= 0.3 is 0 Å². The number of thiophene rings is 1. The molecule has 0 radical (unpaired) electrons. The van der Waals surface area contributed by atoms with Gasteiger partial charge in [-0.3, -0.25) is 0 Å². The Bertz CT molecular complexity index is 4050. The summed E-state index contributed by atoms with van der Waals surface area (Å²) in [5.74, 6) is 0. The molecule has 0 saturated heterocycles. The lowest BCUT2D eigenvalue weighted by molar-refractivity contribution is 0.590. The molecule has 0 amide bonds. The van der Waals surface area contributed by atoms with E-state index in [1.807, 2.05) is 11.3 Å². The molecule has 3 aromatic heterocycles. The van der Waals surface area contributed by atoms with Crippen LogP contribution in [-0.2, 0) is 16.2 Å². The third-order valence-electron chi connectivity index (χ3n) is 15.5. The van der Waals surface area contributed by atoms with Gasteiger partial charge in [-0.2, -0.15) is 0 Å². The molecule has 14 rings (SSSR count). The second kappa shape index (κ2) is 13.6. The standard InChI is InChI=1S/C63H54BN3OS/c1-35-26-49-56-50(27-35)67-51-32-39(62(5,6)7)30-45-44-29-38(61(2,3)4)21-24-48(44)66(57(45)51)52-33-40(63(8,9)10)31-47(59(52)67)64(56)60-58(46-28-37(20-25-55(46)69-60)36-16-12-11-13-17-36)65(49)41-22-23-43-42-18-14-15-19-53(42)68-54(43)34-41/h11-34H,1-10H3. The van der Waals surface area contributed by atoms with E-state index >= 15 is 0 Å². The van der Waals surface area contributed by atoms with Gasteiger partial charge in [0.1, 0.15) is 11.2 Å². The summed E-state index contributed by atoms with van der Waals surface area (Å²) in [5.41, 5.74) is 23.2. The van der Waals surface area contributed by atoms with Crippen LogP contribution in [0.4, 0.5) is 34.1 Å². The Morgan fingerprint density at radius 3 is 1.93 bits per heavy atom. The molecule has 3 aliphatic rings. The molecule has 69 heavy (non-hydrogen) atoms. The molecule has 0 fully saturated rings. The Kier molecular flexibility index (Phi) is 8.09. The highest BCUT2D eigenvalue weighted by Gasteiger charge is 2.48. The molecule has 11 aromatic rings. The van der Waals surface area contributed by atoms with Crippen molar-refractivity contribution in [1.82, 2.24) is 4.57 Å². The number of aryl methyl sites for hydroxylation is 1. The second-order valence-corrected chi connectivity index (χ2v) is 24.2. The van der Waals surface area contributed by atoms with Crippen LogP contribution in [0.2, 0.25) is 0 Å². The van der Waals surface area contributed by atoms with Crippen molar-refractivity contribution in [3.8, 4) is 16.8 Å². The minimum atomic E-state index is -0.110. The van der Waals surface area contributed by atoms with Crippen LogP contribution in [0.25, 0.3) is 70.6 Å². The molecule has 6 heteroatoms. The number of nitrogens with zero attached hydrogens (tertiary/aromatic N) is 3. The summed E-state index contributed by atoms with van der Waals surface area (Å²) >= 11 is 1.97. The van der Waals surface area contributed by atoms with Crippen molar-refractivity contribution in [3.05, 3.63) is 168 Å². The first-order chi connectivity index (χ1) is 33.0. The van der Waals surface area contributed by atoms with Gasteiger partial charge in [-0.25, -0.2) is 0 Å². The van der Waals surface area contributed by atoms with Gasteiger partial charge in [-0.15, -0.1) is 11.3 Å². The predicted molar refractivity (Wildman–Crippen MR) is 297 cm³/mol. The zero-order valence-electron chi connectivity index (χ0n) is 41.1. The molecule has 0 N–H and O–H groups in total. The van der Waals surface area contributed by atoms with Crippen LogP contribution in [0.15, 0.2) is 150 Å². The Hall–Kier alpha value is -7.02. The number of benzene rings is 8. The number of hydrogen-bond acceptors (Lipinski definition) is 4. The molecule has 4 nitrogen and oxygen atoms in total. The van der Waals surface area contributed by atoms with Crippen molar-refractivity contribution in [3.63, 3.8) is 0 Å². The minimum Gasteiger partial charge on any atom is -0.456 e. The summed E-state index contributed by atoms with van der Waals surface area (Å²) < 4.78 is 12.0. The molecule has 0 spiro atoms. The van der Waals surface area contributed by atoms with Crippen molar-refractivity contribution in [2.24, 2.45) is 0 Å². The smallest absolute Gasteiger partial charge is 0.264 e. The van der Waals surface area contributed by atoms with E-state index in [0.717, 1.165) is 27.6 Å². The Balaban J connectivity index is 1.14. The van der Waals surface area contributed by atoms with E-state index in [4.69, 9.17) is 4.42 Å². The number of hydrogen-bond donors (Lipinski definition) is 0. The molecule has 0 atom stereocenters. The zero-order chi connectivity index (χ0) is 47.2. The van der Waals surface area contributed by atoms with Gasteiger partial charge in [0.25, 0.3) is 6.71 Å². The van der Waals surface area contributed by atoms with Crippen molar-refractivity contribution in [2.75, 3.05) is 9.80 Å². The zero-order valence-corrected chi connectivity index (χ0v) is 41.9. The fourth-order valence-electron chi connectivity index (χ4n) is 12.0. The maximum absolute atomic E-state index is 6.67. The summed E-state index contributed by atoms with van der Waals surface area (Å²) in [6, 6.07) is 55.6. The first kappa shape index (κ1) is 41.0. The molecule has 8 aromatic carbocycles. The van der Waals surface area contributed by atoms with Crippen LogP contribution < -0.4 is 25.5 Å². The number of para-hydroxylation sites is 1. The molecular formula is C63H54BN3OS. The first-order valence-electron chi connectivity index (χ1n) is 24.6. The number of anilines is 6. The van der Waals surface area contributed by atoms with Crippen LogP contribution >= 0.6 is 11.3 Å². The SMILES string of the molecule is Cc1cc2c3c(c1)N1c4c(cc(C(C)(C)C)cc4-n4c5ccc(C(C)(C)C)cc5c5cc(C(C)(C)C)cc1c54)B3c1sc3ccc(-c4ccccc4)cc3c1N2c1ccc2c(c1)oc1ccccc12. The monoisotopic (exact) mass is 911 g/mol. The number of fused-ring (bicyclic) bond motifs is 14. The summed E-state index contributed by atoms with van der Waals surface area (Å²) in [4.78, 5) is 5.28. The quantitative estimate of drug-likeness (QED) is 0.162. The van der Waals surface area contributed by atoms with Crippen LogP contribution in [-0.4, -0.2) is 11.3 Å². The van der Waals surface area contributed by atoms with Crippen LogP contribution in [0.3, 0.4) is 0 Å². The van der Waals surface area contributed by atoms with Crippen LogP contribution in [0.5, 0.6) is 0 Å². The number of furan rings is 1. The van der Waals surface area contributed by atoms with E-state index in [1.54, 1.807) is 0 Å². The van der Waals surface area contributed by atoms with Crippen LogP contribution in [0, 0.1) is 6.92 Å². The van der Waals surface area contributed by atoms with Gasteiger partial charge in [0.15, 0.2) is 0 Å². The maximum Gasteiger partial charge on any atom is 0.264 e. The van der Waals surface area contributed by atoms with Crippen molar-refractivity contribution in [1.29, 1.82) is 0 Å². The van der Waals surface area contributed by atoms with E-state index < -0.39 is 0 Å². The minimum absolute atomic E-state index is 0.00661. The molecule has 0 bridgehead atoms. The van der Waals surface area contributed by atoms with Gasteiger partial charge in [0, 0.05) is 59.5 Å². The fourth-order valence-corrected chi connectivity index (χ4v) is 13.3. The average molecular weight is 912 g/mol. The highest BCUT2D eigenvalue weighted by Crippen LogP contribution is 2.56. The third-order valence-corrected chi connectivity index (χ3v) is 16.8. The Morgan fingerprint density at radius 1 is 0.478 bits per heavy atom. The fraction of sp³-hybridized carbons (Fsp3) is 0.206. The van der Waals surface area contributed by atoms with Gasteiger partial charge in [-0.05, 0) is 140 Å². The molecule has 3 aliphatic heterocycles. The second-order valence-electron chi connectivity index (χ2n) is 23.1. The van der Waals surface area contributed by atoms with Gasteiger partial charge < -0.3 is 18.8 Å². The normalized spacial score (nSPS) is 14.1. The Morgan fingerprint density at radius 2 is 1.16 bits per heavy atom. The van der Waals surface area contributed by atoms with Crippen molar-refractivity contribution < 1.29 is 4.42 Å². The molecular weight excluding hydrogens is 858 g/mol. The van der Waals surface area contributed by atoms with E-state index in [2.05, 4.69) is 229 Å². The first-order valence-corrected chi connectivity index (χ1v) is 25.4. The van der Waals surface area contributed by atoms with E-state index in [0.29, 0.717) is 0 Å². The van der Waals surface area contributed by atoms with Crippen molar-refractivity contribution >= 4 is 122 Å². The van der Waals surface area contributed by atoms with E-state index in [9.17, 15) is 0 Å². The topological polar surface area (TPSA) is 24.6 Å². The van der Waals surface area contributed by atoms with Gasteiger partial charge in [-0.1, -0.05) is 129 Å². The summed E-state index contributed by atoms with van der Waals surface area (Å²) in [5, 5.41) is 6.18. The number of aromatic nitrogens is 1. The lowest BCUT2D eigenvalue weighted by atomic mass is 9.35. The summed E-state index contributed by atoms with van der Waals surface area (Å²) in [7, 11) is 0. The van der Waals surface area contributed by atoms with E-state index in [-0.39, 0.29) is 23.0 Å². The highest BCUT2D eigenvalue weighted by atomic mass is 32.1. The van der Waals surface area contributed by atoms with E-state index in [1.165, 1.54) is 115 Å². The largest absolute Gasteiger partial charge is 0.456 e. The molecule has 0 unspecified atom stereocenters. The van der Waals surface area contributed by atoms with Crippen molar-refractivity contribution in [2.45, 2.75) is 85.5 Å². The van der Waals surface area contributed by atoms with Gasteiger partial charge in [0.2, 0.25) is 0 Å². The average Bonchev–Trinajstić information content (AvgIpc) is 3.99. The Labute approximate surface area is 408 Å². The molecule has 0 saturated carbocycles. The molecule has 0 aliphatic carbocycles. The lowest BCUT2D eigenvalue weighted by Crippen LogP contribution is -2.61. The number of rotatable bonds is 2. The third kappa shape index (κ3) is 5.70. The van der Waals surface area contributed by atoms with Gasteiger partial charge in [0.05, 0.1) is 33.8 Å². The lowest BCUT2D eigenvalue weighted by Gasteiger charge is -2.46. The molecule has 336 valence electrons.